The Morgan fingerprint density at radius 1 is 1.20 bits per heavy atom. The van der Waals surface area contributed by atoms with Gasteiger partial charge in [-0.25, -0.2) is 13.6 Å². The lowest BCUT2D eigenvalue weighted by Crippen LogP contribution is -2.63. The fourth-order valence-corrected chi connectivity index (χ4v) is 5.10. The number of amidine groups is 1. The van der Waals surface area contributed by atoms with Gasteiger partial charge in [-0.2, -0.15) is 4.99 Å². The minimum absolute atomic E-state index is 0.0908. The van der Waals surface area contributed by atoms with Gasteiger partial charge in [0.1, 0.15) is 29.6 Å². The summed E-state index contributed by atoms with van der Waals surface area (Å²) in [6.07, 6.45) is 1.28. The van der Waals surface area contributed by atoms with E-state index in [0.717, 1.165) is 17.9 Å². The van der Waals surface area contributed by atoms with Crippen molar-refractivity contribution in [1.29, 1.82) is 0 Å². The monoisotopic (exact) mass is 484 g/mol. The van der Waals surface area contributed by atoms with Crippen LogP contribution in [0.15, 0.2) is 53.5 Å². The molecule has 0 aliphatic carbocycles. The van der Waals surface area contributed by atoms with Crippen molar-refractivity contribution >= 4 is 17.6 Å². The molecule has 188 valence electrons. The minimum Gasteiger partial charge on any atom is -0.491 e. The highest BCUT2D eigenvalue weighted by atomic mass is 19.1. The van der Waals surface area contributed by atoms with Gasteiger partial charge in [-0.1, -0.05) is 18.2 Å². The van der Waals surface area contributed by atoms with Gasteiger partial charge < -0.3 is 10.1 Å². The number of carbonyl (C=O) groups is 1. The molecule has 0 aromatic heterocycles. The van der Waals surface area contributed by atoms with Crippen LogP contribution in [0.4, 0.5) is 19.3 Å². The summed E-state index contributed by atoms with van der Waals surface area (Å²) in [5.41, 5.74) is 0.823. The lowest BCUT2D eigenvalue weighted by Gasteiger charge is -2.48. The maximum Gasteiger partial charge on any atom is 0.350 e. The van der Waals surface area contributed by atoms with Gasteiger partial charge in [0, 0.05) is 24.8 Å². The van der Waals surface area contributed by atoms with Crippen molar-refractivity contribution in [1.82, 2.24) is 10.2 Å². The Morgan fingerprint density at radius 2 is 1.97 bits per heavy atom. The standard InChI is InChI=1S/C27H34F2N4O2/c1-18(2)35-24-10-5-7-21(13-24)17-32-12-11-27(15-20(32)4)25(30-19(3)16-28)31-26(34)33(27)23-9-6-8-22(29)14-23/h5-10,13-14,18-20H,11-12,15-17H2,1-4H3,(H,30,31,34)/t19?,20-,27+/m0/s1. The first-order chi connectivity index (χ1) is 16.7. The number of nitrogens with one attached hydrogen (secondary N) is 1. The Hall–Kier alpha value is -3.00. The highest BCUT2D eigenvalue weighted by Crippen LogP contribution is 2.41. The first-order valence-corrected chi connectivity index (χ1v) is 12.2. The molecule has 2 amide bonds. The Balaban J connectivity index is 1.59. The van der Waals surface area contributed by atoms with Gasteiger partial charge in [0.05, 0.1) is 12.1 Å². The summed E-state index contributed by atoms with van der Waals surface area (Å²) >= 11 is 0. The average molecular weight is 485 g/mol. The van der Waals surface area contributed by atoms with E-state index in [1.807, 2.05) is 26.0 Å². The van der Waals surface area contributed by atoms with Gasteiger partial charge in [-0.05, 0) is 76.4 Å². The zero-order chi connectivity index (χ0) is 25.2. The van der Waals surface area contributed by atoms with Crippen molar-refractivity contribution < 1.29 is 18.3 Å². The number of amides is 2. The van der Waals surface area contributed by atoms with Crippen LogP contribution in [-0.4, -0.2) is 53.7 Å². The summed E-state index contributed by atoms with van der Waals surface area (Å²) in [6, 6.07) is 13.3. The van der Waals surface area contributed by atoms with E-state index in [1.165, 1.54) is 12.1 Å². The lowest BCUT2D eigenvalue weighted by molar-refractivity contribution is 0.122. The molecule has 8 heteroatoms. The molecule has 6 nitrogen and oxygen atoms in total. The van der Waals surface area contributed by atoms with Crippen molar-refractivity contribution in [3.8, 4) is 5.75 Å². The molecule has 35 heavy (non-hydrogen) atoms. The average Bonchev–Trinajstić information content (AvgIpc) is 3.05. The molecule has 1 unspecified atom stereocenters. The van der Waals surface area contributed by atoms with Gasteiger partial charge in [-0.15, -0.1) is 0 Å². The number of aliphatic imine (C=N–C) groups is 1. The summed E-state index contributed by atoms with van der Waals surface area (Å²) in [5.74, 6) is 0.893. The van der Waals surface area contributed by atoms with Gasteiger partial charge in [0.2, 0.25) is 0 Å². The normalized spacial score (nSPS) is 23.6. The largest absolute Gasteiger partial charge is 0.491 e. The number of benzene rings is 2. The summed E-state index contributed by atoms with van der Waals surface area (Å²) < 4.78 is 33.3. The Bertz CT molecular complexity index is 1090. The number of piperidine rings is 1. The molecule has 2 aromatic rings. The molecule has 0 saturated carbocycles. The van der Waals surface area contributed by atoms with Crippen LogP contribution in [0.2, 0.25) is 0 Å². The number of likely N-dealkylation sites (tertiary alicyclic amines) is 1. The van der Waals surface area contributed by atoms with Crippen LogP contribution >= 0.6 is 0 Å². The second-order valence-electron chi connectivity index (χ2n) is 9.88. The number of hydrogen-bond acceptors (Lipinski definition) is 4. The quantitative estimate of drug-likeness (QED) is 0.578. The third-order valence-electron chi connectivity index (χ3n) is 6.67. The predicted molar refractivity (Wildman–Crippen MR) is 134 cm³/mol. The van der Waals surface area contributed by atoms with Crippen molar-refractivity contribution in [2.75, 3.05) is 18.1 Å². The zero-order valence-corrected chi connectivity index (χ0v) is 20.8. The first kappa shape index (κ1) is 25.1. The van der Waals surface area contributed by atoms with E-state index >= 15 is 0 Å². The predicted octanol–water partition coefficient (Wildman–Crippen LogP) is 5.32. The number of halogens is 2. The van der Waals surface area contributed by atoms with Crippen molar-refractivity contribution in [2.45, 2.75) is 70.8 Å². The van der Waals surface area contributed by atoms with Gasteiger partial charge in [-0.3, -0.25) is 9.80 Å². The molecule has 2 aliphatic rings. The number of hydrogen-bond donors (Lipinski definition) is 1. The van der Waals surface area contributed by atoms with Gasteiger partial charge in [0.15, 0.2) is 0 Å². The number of nitrogens with zero attached hydrogens (tertiary/aromatic N) is 3. The van der Waals surface area contributed by atoms with E-state index in [1.54, 1.807) is 24.0 Å². The minimum atomic E-state index is -0.785. The number of urea groups is 1. The molecule has 2 aromatic carbocycles. The molecule has 0 radical (unpaired) electrons. The van der Waals surface area contributed by atoms with Gasteiger partial charge >= 0.3 is 6.03 Å². The van der Waals surface area contributed by atoms with Crippen LogP contribution in [0.1, 0.15) is 46.1 Å². The van der Waals surface area contributed by atoms with E-state index < -0.39 is 30.1 Å². The molecule has 2 heterocycles. The maximum atomic E-state index is 14.1. The fourth-order valence-electron chi connectivity index (χ4n) is 5.10. The second-order valence-corrected chi connectivity index (χ2v) is 9.88. The van der Waals surface area contributed by atoms with E-state index in [9.17, 15) is 13.6 Å². The molecule has 4 rings (SSSR count). The zero-order valence-electron chi connectivity index (χ0n) is 20.8. The molecule has 1 N–H and O–H groups in total. The van der Waals surface area contributed by atoms with Gasteiger partial charge in [0.25, 0.3) is 0 Å². The lowest BCUT2D eigenvalue weighted by atomic mass is 9.80. The summed E-state index contributed by atoms with van der Waals surface area (Å²) in [5, 5.41) is 3.13. The smallest absolute Gasteiger partial charge is 0.350 e. The number of rotatable bonds is 7. The van der Waals surface area contributed by atoms with Crippen molar-refractivity contribution in [2.24, 2.45) is 4.99 Å². The molecule has 1 fully saturated rings. The molecule has 0 bridgehead atoms. The van der Waals surface area contributed by atoms with Crippen LogP contribution in [0.25, 0.3) is 0 Å². The van der Waals surface area contributed by atoms with Crippen LogP contribution in [-0.2, 0) is 6.54 Å². The SMILES string of the molecule is CC(CF)NC1=NC(=O)N(c2cccc(F)c2)[C@@]12CCN(Cc1cccc(OC(C)C)c1)[C@@H](C)C2. The second kappa shape index (κ2) is 10.3. The Morgan fingerprint density at radius 3 is 2.66 bits per heavy atom. The molecule has 3 atom stereocenters. The number of anilines is 1. The number of ether oxygens (including phenoxy) is 1. The molecule has 2 aliphatic heterocycles. The number of carbonyl (C=O) groups excluding carboxylic acids is 1. The molecule has 1 saturated heterocycles. The third kappa shape index (κ3) is 5.32. The summed E-state index contributed by atoms with van der Waals surface area (Å²) in [7, 11) is 0. The van der Waals surface area contributed by atoms with E-state index in [-0.39, 0.29) is 12.1 Å². The first-order valence-electron chi connectivity index (χ1n) is 12.2. The van der Waals surface area contributed by atoms with E-state index in [0.29, 0.717) is 30.9 Å². The van der Waals surface area contributed by atoms with Crippen molar-refractivity contribution in [3.05, 3.63) is 59.9 Å². The maximum absolute atomic E-state index is 14.1. The van der Waals surface area contributed by atoms with E-state index in [2.05, 4.69) is 34.3 Å². The van der Waals surface area contributed by atoms with E-state index in [4.69, 9.17) is 4.74 Å². The van der Waals surface area contributed by atoms with Crippen molar-refractivity contribution in [3.63, 3.8) is 0 Å². The summed E-state index contributed by atoms with van der Waals surface area (Å²) in [4.78, 5) is 21.3. The molecule has 1 spiro atoms. The topological polar surface area (TPSA) is 57.2 Å². The summed E-state index contributed by atoms with van der Waals surface area (Å²) in [6.45, 7) is 8.70. The molecular weight excluding hydrogens is 450 g/mol. The van der Waals surface area contributed by atoms with Crippen LogP contribution in [0.5, 0.6) is 5.75 Å². The fraction of sp³-hybridized carbons (Fsp3) is 0.481. The molecular formula is C27H34F2N4O2. The third-order valence-corrected chi connectivity index (χ3v) is 6.67. The highest BCUT2D eigenvalue weighted by Gasteiger charge is 2.53. The van der Waals surface area contributed by atoms with Crippen LogP contribution in [0, 0.1) is 5.82 Å². The highest BCUT2D eigenvalue weighted by molar-refractivity contribution is 6.16. The Labute approximate surface area is 206 Å². The Kier molecular flexibility index (Phi) is 7.40. The van der Waals surface area contributed by atoms with Crippen LogP contribution in [0.3, 0.4) is 0 Å². The van der Waals surface area contributed by atoms with Crippen LogP contribution < -0.4 is 15.0 Å². The number of alkyl halides is 1.